The Morgan fingerprint density at radius 3 is 2.31 bits per heavy atom. The molecule has 8 nitrogen and oxygen atoms in total. The monoisotopic (exact) mass is 632 g/mol. The molecule has 1 saturated carbocycles. The van der Waals surface area contributed by atoms with Gasteiger partial charge in [0.15, 0.2) is 18.0 Å². The molecule has 19 heteroatoms. The van der Waals surface area contributed by atoms with Crippen molar-refractivity contribution < 1.29 is 53.4 Å². The van der Waals surface area contributed by atoms with Crippen LogP contribution in [0.3, 0.4) is 0 Å². The van der Waals surface area contributed by atoms with Crippen LogP contribution in [0.25, 0.3) is 16.9 Å². The molecule has 4 rings (SSSR count). The number of halogens is 11. The Morgan fingerprint density at radius 2 is 1.76 bits per heavy atom. The number of nitrogens with one attached hydrogen (secondary N) is 1. The van der Waals surface area contributed by atoms with Crippen molar-refractivity contribution in [1.29, 1.82) is 5.26 Å². The number of aryl methyl sites for hydroxylation is 1. The molecule has 0 saturated heterocycles. The molecule has 3 aromatic rings. The van der Waals surface area contributed by atoms with Gasteiger partial charge in [-0.1, -0.05) is 17.7 Å². The molecule has 1 N–H and O–H groups in total. The molecule has 42 heavy (non-hydrogen) atoms. The lowest BCUT2D eigenvalue weighted by atomic mass is 10.1. The minimum absolute atomic E-state index is 0.00179. The van der Waals surface area contributed by atoms with Crippen LogP contribution in [-0.2, 0) is 13.2 Å². The number of carbonyl (C=O) groups is 1. The van der Waals surface area contributed by atoms with Crippen LogP contribution in [0.15, 0.2) is 30.6 Å². The predicted molar refractivity (Wildman–Crippen MR) is 122 cm³/mol. The third kappa shape index (κ3) is 5.56. The maximum atomic E-state index is 14.0. The Labute approximate surface area is 233 Å². The Kier molecular flexibility index (Phi) is 7.41. The number of benzene rings is 1. The summed E-state index contributed by atoms with van der Waals surface area (Å²) in [6.45, 7) is -2.79. The van der Waals surface area contributed by atoms with Crippen molar-refractivity contribution in [1.82, 2.24) is 24.9 Å². The summed E-state index contributed by atoms with van der Waals surface area (Å²) in [6, 6.07) is 5.94. The average molecular weight is 633 g/mol. The van der Waals surface area contributed by atoms with Gasteiger partial charge >= 0.3 is 24.2 Å². The second kappa shape index (κ2) is 10.1. The van der Waals surface area contributed by atoms with Gasteiger partial charge in [0.2, 0.25) is 5.88 Å². The first-order chi connectivity index (χ1) is 19.2. The molecule has 0 bridgehead atoms. The zero-order valence-corrected chi connectivity index (χ0v) is 21.5. The van der Waals surface area contributed by atoms with E-state index in [2.05, 4.69) is 20.3 Å². The third-order valence-corrected chi connectivity index (χ3v) is 6.46. The van der Waals surface area contributed by atoms with Crippen molar-refractivity contribution in [3.8, 4) is 28.9 Å². The van der Waals surface area contributed by atoms with Gasteiger partial charge in [-0.25, -0.2) is 9.36 Å². The lowest BCUT2D eigenvalue weighted by Crippen LogP contribution is -2.54. The number of rotatable bonds is 8. The van der Waals surface area contributed by atoms with Gasteiger partial charge in [-0.05, 0) is 30.5 Å². The smallest absolute Gasteiger partial charge is 0.460 e. The summed E-state index contributed by atoms with van der Waals surface area (Å²) in [5, 5.41) is 18.7. The molecular weight excluding hydrogens is 618 g/mol. The Balaban J connectivity index is 1.67. The van der Waals surface area contributed by atoms with Gasteiger partial charge in [-0.3, -0.25) is 4.79 Å². The fourth-order valence-corrected chi connectivity index (χ4v) is 3.90. The molecular formula is C23H15ClF10N6O2. The number of amides is 1. The van der Waals surface area contributed by atoms with Crippen LogP contribution < -0.4 is 10.1 Å². The topological polar surface area (TPSA) is 97.8 Å². The highest BCUT2D eigenvalue weighted by atomic mass is 35.5. The van der Waals surface area contributed by atoms with Crippen molar-refractivity contribution in [2.45, 2.75) is 42.6 Å². The van der Waals surface area contributed by atoms with Crippen molar-refractivity contribution in [2.75, 3.05) is 6.61 Å². The van der Waals surface area contributed by atoms with E-state index in [9.17, 15) is 54.0 Å². The average Bonchev–Trinajstić information content (AvgIpc) is 3.31. The van der Waals surface area contributed by atoms with Gasteiger partial charge in [-0.2, -0.15) is 54.3 Å². The first kappa shape index (κ1) is 30.9. The summed E-state index contributed by atoms with van der Waals surface area (Å²) in [4.78, 5) is 12.7. The zero-order valence-electron chi connectivity index (χ0n) is 20.7. The third-order valence-electron chi connectivity index (χ3n) is 6.13. The molecule has 1 amide bonds. The van der Waals surface area contributed by atoms with Crippen LogP contribution in [0.2, 0.25) is 5.02 Å². The number of hydrogen-bond donors (Lipinski definition) is 1. The molecule has 2 aromatic heterocycles. The summed E-state index contributed by atoms with van der Waals surface area (Å²) in [5.74, 6) is -15.9. The quantitative estimate of drug-likeness (QED) is 0.310. The maximum Gasteiger partial charge on any atom is 0.460 e. The number of hydrogen-bond acceptors (Lipinski definition) is 5. The molecule has 1 aliphatic carbocycles. The van der Waals surface area contributed by atoms with Gasteiger partial charge in [-0.15, -0.1) is 5.10 Å². The summed E-state index contributed by atoms with van der Waals surface area (Å²) in [6.07, 6.45) is -9.23. The van der Waals surface area contributed by atoms with Crippen molar-refractivity contribution in [3.05, 3.63) is 46.7 Å². The highest BCUT2D eigenvalue weighted by molar-refractivity contribution is 6.34. The van der Waals surface area contributed by atoms with E-state index < -0.39 is 59.5 Å². The number of carbonyl (C=O) groups excluding carboxylic acids is 1. The van der Waals surface area contributed by atoms with Crippen molar-refractivity contribution >= 4 is 17.5 Å². The minimum Gasteiger partial charge on any atom is -0.469 e. The molecule has 0 atom stereocenters. The molecule has 1 fully saturated rings. The highest BCUT2D eigenvalue weighted by Gasteiger charge is 2.73. The van der Waals surface area contributed by atoms with Crippen LogP contribution in [0.1, 0.15) is 28.8 Å². The Bertz CT molecular complexity index is 1570. The summed E-state index contributed by atoms with van der Waals surface area (Å²) in [7, 11) is 0.884. The Morgan fingerprint density at radius 1 is 1.12 bits per heavy atom. The zero-order chi connectivity index (χ0) is 31.5. The van der Waals surface area contributed by atoms with Crippen LogP contribution >= 0.6 is 11.6 Å². The highest BCUT2D eigenvalue weighted by Crippen LogP contribution is 2.47. The molecule has 0 radical (unpaired) electrons. The van der Waals surface area contributed by atoms with Gasteiger partial charge in [0, 0.05) is 18.8 Å². The lowest BCUT2D eigenvalue weighted by Gasteiger charge is -2.27. The van der Waals surface area contributed by atoms with Crippen LogP contribution in [0, 0.1) is 11.3 Å². The summed E-state index contributed by atoms with van der Waals surface area (Å²) < 4.78 is 138. The minimum atomic E-state index is -6.72. The fourth-order valence-electron chi connectivity index (χ4n) is 3.70. The van der Waals surface area contributed by atoms with Crippen LogP contribution in [-0.4, -0.2) is 55.6 Å². The fraction of sp³-hybridized carbons (Fsp3) is 0.391. The molecule has 226 valence electrons. The molecule has 1 aromatic carbocycles. The van der Waals surface area contributed by atoms with Crippen molar-refractivity contribution in [3.63, 3.8) is 0 Å². The van der Waals surface area contributed by atoms with Gasteiger partial charge < -0.3 is 10.1 Å². The first-order valence-corrected chi connectivity index (χ1v) is 11.8. The predicted octanol–water partition coefficient (Wildman–Crippen LogP) is 5.94. The second-order valence-corrected chi connectivity index (χ2v) is 9.61. The molecule has 1 aliphatic rings. The van der Waals surface area contributed by atoms with E-state index in [1.54, 1.807) is 0 Å². The normalized spacial score (nSPS) is 15.3. The number of aromatic nitrogens is 4. The largest absolute Gasteiger partial charge is 0.469 e. The number of nitrogens with zero attached hydrogens (tertiary/aromatic N) is 5. The van der Waals surface area contributed by atoms with Gasteiger partial charge in [0.1, 0.15) is 5.54 Å². The standard InChI is InChI=1S/C23H15ClF10N6O2/c1-39-18(15(21(27,28)29)17(38-39)42-10-20(25,26)22(30,31)23(32,33)34)40-8-12(7-36-40)11-2-3-14(24)13(6-11)16(41)37-19(9-35)4-5-19/h2-3,6-8H,4-5,10H2,1H3,(H,37,41). The Hall–Kier alpha value is -4.01. The van der Waals surface area contributed by atoms with E-state index in [1.165, 1.54) is 18.2 Å². The second-order valence-electron chi connectivity index (χ2n) is 9.21. The maximum absolute atomic E-state index is 14.0. The van der Waals surface area contributed by atoms with E-state index in [-0.39, 0.29) is 21.7 Å². The number of nitriles is 1. The van der Waals surface area contributed by atoms with Crippen LogP contribution in [0.4, 0.5) is 43.9 Å². The van der Waals surface area contributed by atoms with Crippen molar-refractivity contribution in [2.24, 2.45) is 7.05 Å². The molecule has 2 heterocycles. The van der Waals surface area contributed by atoms with E-state index in [0.717, 1.165) is 19.4 Å². The number of alkyl halides is 10. The molecule has 0 aliphatic heterocycles. The van der Waals surface area contributed by atoms with E-state index in [4.69, 9.17) is 11.6 Å². The lowest BCUT2D eigenvalue weighted by molar-refractivity contribution is -0.358. The molecule has 0 spiro atoms. The molecule has 0 unspecified atom stereocenters. The summed E-state index contributed by atoms with van der Waals surface area (Å²) >= 11 is 6.10. The summed E-state index contributed by atoms with van der Waals surface area (Å²) in [5.41, 5.74) is -2.66. The van der Waals surface area contributed by atoms with E-state index >= 15 is 0 Å². The number of ether oxygens (including phenoxy) is 1. The van der Waals surface area contributed by atoms with E-state index in [1.807, 2.05) is 6.07 Å². The van der Waals surface area contributed by atoms with Gasteiger partial charge in [0.25, 0.3) is 5.91 Å². The van der Waals surface area contributed by atoms with Crippen LogP contribution in [0.5, 0.6) is 5.88 Å². The SMILES string of the molecule is Cn1nc(OCC(F)(F)C(F)(F)C(F)(F)F)c(C(F)(F)F)c1-n1cc(-c2ccc(Cl)c(C(=O)NC3(C#N)CC3)c2)cn1. The van der Waals surface area contributed by atoms with Gasteiger partial charge in [0.05, 0.1) is 22.9 Å². The van der Waals surface area contributed by atoms with E-state index in [0.29, 0.717) is 22.2 Å². The first-order valence-electron chi connectivity index (χ1n) is 11.4.